The number of hydrogen-bond donors (Lipinski definition) is 7. The van der Waals surface area contributed by atoms with Crippen molar-refractivity contribution in [3.05, 3.63) is 53.6 Å². The summed E-state index contributed by atoms with van der Waals surface area (Å²) in [7, 11) is -0.181. The summed E-state index contributed by atoms with van der Waals surface area (Å²) in [4.78, 5) is 14.7. The van der Waals surface area contributed by atoms with Crippen molar-refractivity contribution in [2.75, 3.05) is 36.7 Å². The first kappa shape index (κ1) is 33.9. The molecule has 1 aliphatic rings. The molecule has 1 heterocycles. The van der Waals surface area contributed by atoms with E-state index in [0.29, 0.717) is 30.4 Å². The minimum Gasteiger partial charge on any atom is -0.394 e. The summed E-state index contributed by atoms with van der Waals surface area (Å²) >= 11 is 0. The van der Waals surface area contributed by atoms with Crippen molar-refractivity contribution in [3.63, 3.8) is 0 Å². The second-order valence-corrected chi connectivity index (χ2v) is 13.1. The fourth-order valence-corrected chi connectivity index (χ4v) is 7.50. The van der Waals surface area contributed by atoms with Crippen molar-refractivity contribution in [2.45, 2.75) is 80.4 Å². The molecule has 2 aromatic carbocycles. The molecule has 0 aromatic heterocycles. The quantitative estimate of drug-likeness (QED) is 0.182. The molecule has 2 aromatic rings. The molecule has 0 aliphatic carbocycles. The minimum absolute atomic E-state index is 0.105. The highest BCUT2D eigenvalue weighted by molar-refractivity contribution is 7.91. The number of unbranched alkanes of at least 4 members (excludes halogenated alkanes) is 1. The number of carbonyl (C=O) groups is 1. The van der Waals surface area contributed by atoms with Crippen LogP contribution in [0.1, 0.15) is 56.7 Å². The van der Waals surface area contributed by atoms with Gasteiger partial charge in [0.05, 0.1) is 28.8 Å². The van der Waals surface area contributed by atoms with E-state index in [9.17, 15) is 38.8 Å². The molecule has 1 amide bonds. The second kappa shape index (κ2) is 13.8. The first-order valence-electron chi connectivity index (χ1n) is 14.0. The van der Waals surface area contributed by atoms with Crippen LogP contribution in [-0.4, -0.2) is 107 Å². The highest BCUT2D eigenvalue weighted by Gasteiger charge is 2.48. The third-order valence-corrected chi connectivity index (χ3v) is 9.93. The summed E-state index contributed by atoms with van der Waals surface area (Å²) in [6.45, 7) is 2.95. The van der Waals surface area contributed by atoms with Crippen LogP contribution in [0.5, 0.6) is 0 Å². The maximum atomic E-state index is 13.8. The van der Waals surface area contributed by atoms with E-state index in [0.717, 1.165) is 17.2 Å². The van der Waals surface area contributed by atoms with E-state index in [2.05, 4.69) is 5.32 Å². The molecule has 0 bridgehead atoms. The zero-order chi connectivity index (χ0) is 31.4. The lowest BCUT2D eigenvalue weighted by Gasteiger charge is -2.42. The zero-order valence-corrected chi connectivity index (χ0v) is 25.2. The van der Waals surface area contributed by atoms with E-state index in [-0.39, 0.29) is 16.3 Å². The Hall–Kier alpha value is -2.62. The molecule has 0 saturated carbocycles. The number of rotatable bonds is 12. The number of hydrogen-bond acceptors (Lipinski definition) is 11. The number of aliphatic hydroxyl groups excluding tert-OH is 5. The van der Waals surface area contributed by atoms with Gasteiger partial charge in [0, 0.05) is 25.5 Å². The maximum absolute atomic E-state index is 13.8. The topological polar surface area (TPSA) is 191 Å². The number of hydroxylamine groups is 2. The second-order valence-electron chi connectivity index (χ2n) is 11.1. The fourth-order valence-electron chi connectivity index (χ4n) is 5.35. The van der Waals surface area contributed by atoms with Gasteiger partial charge in [0.1, 0.15) is 18.3 Å². The van der Waals surface area contributed by atoms with Gasteiger partial charge in [-0.15, -0.1) is 0 Å². The van der Waals surface area contributed by atoms with E-state index in [1.54, 1.807) is 30.3 Å². The van der Waals surface area contributed by atoms with Crippen molar-refractivity contribution in [1.82, 2.24) is 5.06 Å². The Bertz CT molecular complexity index is 1340. The van der Waals surface area contributed by atoms with Crippen molar-refractivity contribution in [3.8, 4) is 0 Å². The van der Waals surface area contributed by atoms with Gasteiger partial charge in [-0.2, -0.15) is 5.06 Å². The summed E-state index contributed by atoms with van der Waals surface area (Å²) in [5.74, 6) is -1.37. The standard InChI is InChI=1S/C29H43N3O9S/c1-5-7-13-29(6-2)17-42(40,41)23-12-11-20(31(3)4)15-21(23)24(32(29)39)18-9-8-10-19(14-18)30-28(38)27(37)26(36)25(35)22(34)16-33/h8-12,14-15,22,24-27,33-37,39H,5-7,13,16-17H2,1-4H3,(H,30,38)/t22-,24+,25-,26+,27-,29+/m1/s1. The summed E-state index contributed by atoms with van der Waals surface area (Å²) in [5, 5.41) is 64.4. The van der Waals surface area contributed by atoms with Crippen LogP contribution in [-0.2, 0) is 14.6 Å². The van der Waals surface area contributed by atoms with Crippen LogP contribution < -0.4 is 10.2 Å². The predicted molar refractivity (Wildman–Crippen MR) is 157 cm³/mol. The Morgan fingerprint density at radius 1 is 1.10 bits per heavy atom. The Morgan fingerprint density at radius 2 is 1.79 bits per heavy atom. The molecule has 3 rings (SSSR count). The van der Waals surface area contributed by atoms with E-state index >= 15 is 0 Å². The molecule has 13 heteroatoms. The molecule has 0 fully saturated rings. The van der Waals surface area contributed by atoms with Gasteiger partial charge < -0.3 is 41.0 Å². The number of benzene rings is 2. The monoisotopic (exact) mass is 609 g/mol. The van der Waals surface area contributed by atoms with Crippen LogP contribution in [0.4, 0.5) is 11.4 Å². The molecule has 0 unspecified atom stereocenters. The van der Waals surface area contributed by atoms with Gasteiger partial charge in [-0.1, -0.05) is 38.8 Å². The Balaban J connectivity index is 2.11. The number of nitrogens with one attached hydrogen (secondary N) is 1. The van der Waals surface area contributed by atoms with Crippen LogP contribution >= 0.6 is 0 Å². The lowest BCUT2D eigenvalue weighted by atomic mass is 9.87. The molecule has 12 nitrogen and oxygen atoms in total. The number of fused-ring (bicyclic) bond motifs is 1. The summed E-state index contributed by atoms with van der Waals surface area (Å²) in [5.41, 5.74) is 0.632. The van der Waals surface area contributed by atoms with Gasteiger partial charge >= 0.3 is 0 Å². The average molecular weight is 610 g/mol. The van der Waals surface area contributed by atoms with Crippen molar-refractivity contribution >= 4 is 27.1 Å². The normalized spacial score (nSPS) is 23.2. The number of anilines is 2. The lowest BCUT2D eigenvalue weighted by molar-refractivity contribution is -0.193. The van der Waals surface area contributed by atoms with Gasteiger partial charge in [-0.25, -0.2) is 8.42 Å². The smallest absolute Gasteiger partial charge is 0.256 e. The van der Waals surface area contributed by atoms with Gasteiger partial charge in [0.25, 0.3) is 5.91 Å². The third-order valence-electron chi connectivity index (χ3n) is 7.98. The predicted octanol–water partition coefficient (Wildman–Crippen LogP) is 1.03. The van der Waals surface area contributed by atoms with Gasteiger partial charge in [0.15, 0.2) is 15.9 Å². The average Bonchev–Trinajstić information content (AvgIpc) is 3.04. The first-order chi connectivity index (χ1) is 19.7. The molecular formula is C29H43N3O9S. The molecule has 1 aliphatic heterocycles. The van der Waals surface area contributed by atoms with Crippen LogP contribution in [0.15, 0.2) is 47.4 Å². The van der Waals surface area contributed by atoms with Crippen LogP contribution in [0.3, 0.4) is 0 Å². The lowest BCUT2D eigenvalue weighted by Crippen LogP contribution is -2.51. The number of sulfone groups is 1. The van der Waals surface area contributed by atoms with Gasteiger partial charge in [-0.3, -0.25) is 4.79 Å². The fraction of sp³-hybridized carbons (Fsp3) is 0.552. The number of aliphatic hydroxyl groups is 5. The molecule has 6 atom stereocenters. The van der Waals surface area contributed by atoms with E-state index in [1.807, 2.05) is 32.8 Å². The van der Waals surface area contributed by atoms with E-state index in [4.69, 9.17) is 5.11 Å². The molecule has 234 valence electrons. The summed E-state index contributed by atoms with van der Waals surface area (Å²) in [6, 6.07) is 10.4. The van der Waals surface area contributed by atoms with Gasteiger partial charge in [-0.05, 0) is 54.3 Å². The number of nitrogens with zero attached hydrogens (tertiary/aromatic N) is 2. The molecule has 0 radical (unpaired) electrons. The summed E-state index contributed by atoms with van der Waals surface area (Å²) < 4.78 is 27.6. The highest BCUT2D eigenvalue weighted by Crippen LogP contribution is 2.45. The van der Waals surface area contributed by atoms with Crippen molar-refractivity contribution in [1.29, 1.82) is 0 Å². The zero-order valence-electron chi connectivity index (χ0n) is 24.4. The molecule has 7 N–H and O–H groups in total. The van der Waals surface area contributed by atoms with Crippen LogP contribution in [0, 0.1) is 0 Å². The van der Waals surface area contributed by atoms with Gasteiger partial charge in [0.2, 0.25) is 0 Å². The number of carbonyl (C=O) groups excluding carboxylic acids is 1. The Labute approximate surface area is 246 Å². The highest BCUT2D eigenvalue weighted by atomic mass is 32.2. The van der Waals surface area contributed by atoms with E-state index < -0.39 is 58.3 Å². The van der Waals surface area contributed by atoms with Crippen LogP contribution in [0.25, 0.3) is 0 Å². The molecule has 0 spiro atoms. The summed E-state index contributed by atoms with van der Waals surface area (Å²) in [6.07, 6.45) is -5.70. The molecule has 0 saturated heterocycles. The minimum atomic E-state index is -3.83. The molecule has 42 heavy (non-hydrogen) atoms. The van der Waals surface area contributed by atoms with Crippen molar-refractivity contribution < 1.29 is 44.0 Å². The molecular weight excluding hydrogens is 566 g/mol. The van der Waals surface area contributed by atoms with E-state index in [1.165, 1.54) is 12.1 Å². The SMILES string of the molecule is CCCC[C@@]1(CC)CS(=O)(=O)c2ccc(N(C)C)cc2[C@H](c2cccc(NC(=O)[C@H](O)[C@@H](O)[C@H](O)[C@H](O)CO)c2)N1O. The number of amides is 1. The third kappa shape index (κ3) is 6.95. The largest absolute Gasteiger partial charge is 0.394 e. The Kier molecular flexibility index (Phi) is 11.1. The first-order valence-corrected chi connectivity index (χ1v) is 15.6. The Morgan fingerprint density at radius 3 is 2.38 bits per heavy atom. The van der Waals surface area contributed by atoms with Crippen LogP contribution in [0.2, 0.25) is 0 Å². The van der Waals surface area contributed by atoms with Crippen molar-refractivity contribution in [2.24, 2.45) is 0 Å². The maximum Gasteiger partial charge on any atom is 0.256 e.